The number of amides is 2. The molecule has 184 valence electrons. The van der Waals surface area contributed by atoms with Crippen molar-refractivity contribution in [2.24, 2.45) is 0 Å². The highest BCUT2D eigenvalue weighted by atomic mass is 35.5. The predicted molar refractivity (Wildman–Crippen MR) is 150 cm³/mol. The summed E-state index contributed by atoms with van der Waals surface area (Å²) in [7, 11) is 0. The molecule has 1 aliphatic heterocycles. The second kappa shape index (κ2) is 10.9. The van der Waals surface area contributed by atoms with E-state index in [-0.39, 0.29) is 15.3 Å². The van der Waals surface area contributed by atoms with Gasteiger partial charge in [0.2, 0.25) is 0 Å². The molecule has 0 bridgehead atoms. The van der Waals surface area contributed by atoms with Gasteiger partial charge in [-0.05, 0) is 64.7 Å². The van der Waals surface area contributed by atoms with Crippen LogP contribution in [0.3, 0.4) is 0 Å². The minimum atomic E-state index is -0.507. The van der Waals surface area contributed by atoms with E-state index in [9.17, 15) is 9.59 Å². The monoisotopic (exact) mass is 536 g/mol. The fourth-order valence-electron chi connectivity index (χ4n) is 3.45. The number of hydrogen-bond acceptors (Lipinski definition) is 5. The van der Waals surface area contributed by atoms with Crippen LogP contribution >= 0.6 is 35.6 Å². The number of halogens is 1. The quantitative estimate of drug-likeness (QED) is 0.278. The summed E-state index contributed by atoms with van der Waals surface area (Å²) in [5.74, 6) is -0.177. The molecule has 1 N–H and O–H groups in total. The smallest absolute Gasteiger partial charge is 0.285 e. The number of hydrogen-bond donors (Lipinski definition) is 1. The molecule has 0 aromatic heterocycles. The standard InChI is InChI=1S/C28H25ClN2O3S2/c1-28(2,3)20-12-8-19(9-13-20)17-34-21-14-10-18(11-15-21)16-24-26(33)31(27(35)36-24)30-25(32)22-6-4-5-7-23(22)29/h4-16H,17H2,1-3H3,(H,30,32)/b24-16+. The highest BCUT2D eigenvalue weighted by Crippen LogP contribution is 2.32. The summed E-state index contributed by atoms with van der Waals surface area (Å²) in [5.41, 5.74) is 6.11. The van der Waals surface area contributed by atoms with Gasteiger partial charge in [-0.1, -0.05) is 92.7 Å². The van der Waals surface area contributed by atoms with Crippen molar-refractivity contribution in [3.8, 4) is 5.75 Å². The Morgan fingerprint density at radius 1 is 1.06 bits per heavy atom. The second-order valence-electron chi connectivity index (χ2n) is 9.24. The molecule has 1 heterocycles. The molecule has 3 aromatic carbocycles. The van der Waals surface area contributed by atoms with E-state index in [0.717, 1.165) is 33.6 Å². The van der Waals surface area contributed by atoms with Crippen molar-refractivity contribution in [3.63, 3.8) is 0 Å². The number of carbonyl (C=O) groups is 2. The number of nitrogens with one attached hydrogen (secondary N) is 1. The van der Waals surface area contributed by atoms with Gasteiger partial charge in [-0.2, -0.15) is 5.01 Å². The van der Waals surface area contributed by atoms with Crippen LogP contribution < -0.4 is 10.2 Å². The van der Waals surface area contributed by atoms with Gasteiger partial charge in [0.05, 0.1) is 15.5 Å². The average molecular weight is 537 g/mol. The first-order valence-electron chi connectivity index (χ1n) is 11.3. The van der Waals surface area contributed by atoms with Crippen LogP contribution in [0.2, 0.25) is 5.02 Å². The minimum Gasteiger partial charge on any atom is -0.489 e. The first-order chi connectivity index (χ1) is 17.1. The molecule has 0 unspecified atom stereocenters. The van der Waals surface area contributed by atoms with Gasteiger partial charge in [-0.15, -0.1) is 0 Å². The number of hydrazine groups is 1. The predicted octanol–water partition coefficient (Wildman–Crippen LogP) is 6.76. The SMILES string of the molecule is CC(C)(C)c1ccc(COc2ccc(/C=C3/SC(=S)N(NC(=O)c4ccccc4Cl)C3=O)cc2)cc1. The molecule has 36 heavy (non-hydrogen) atoms. The normalized spacial score (nSPS) is 14.9. The maximum atomic E-state index is 12.9. The third kappa shape index (κ3) is 6.16. The Bertz CT molecular complexity index is 1330. The summed E-state index contributed by atoms with van der Waals surface area (Å²) >= 11 is 12.5. The van der Waals surface area contributed by atoms with E-state index in [1.165, 1.54) is 5.56 Å². The van der Waals surface area contributed by atoms with E-state index in [1.54, 1.807) is 30.3 Å². The molecule has 5 nitrogen and oxygen atoms in total. The van der Waals surface area contributed by atoms with Gasteiger partial charge in [0.1, 0.15) is 12.4 Å². The number of rotatable bonds is 6. The van der Waals surface area contributed by atoms with E-state index in [0.29, 0.717) is 16.5 Å². The Morgan fingerprint density at radius 3 is 2.36 bits per heavy atom. The molecule has 0 radical (unpaired) electrons. The number of carbonyl (C=O) groups excluding carboxylic acids is 2. The van der Waals surface area contributed by atoms with Crippen molar-refractivity contribution in [3.05, 3.63) is 105 Å². The van der Waals surface area contributed by atoms with Gasteiger partial charge in [-0.25, -0.2) is 0 Å². The number of thioether (sulfide) groups is 1. The molecule has 0 spiro atoms. The van der Waals surface area contributed by atoms with Crippen LogP contribution in [0.5, 0.6) is 5.75 Å². The molecule has 1 saturated heterocycles. The lowest BCUT2D eigenvalue weighted by molar-refractivity contribution is -0.123. The van der Waals surface area contributed by atoms with Crippen LogP contribution in [0.1, 0.15) is 47.8 Å². The van der Waals surface area contributed by atoms with Crippen LogP contribution in [0.15, 0.2) is 77.7 Å². The van der Waals surface area contributed by atoms with Gasteiger partial charge >= 0.3 is 0 Å². The lowest BCUT2D eigenvalue weighted by Crippen LogP contribution is -2.44. The molecular formula is C28H25ClN2O3S2. The van der Waals surface area contributed by atoms with Crippen molar-refractivity contribution in [2.75, 3.05) is 0 Å². The van der Waals surface area contributed by atoms with Crippen LogP contribution in [0, 0.1) is 0 Å². The lowest BCUT2D eigenvalue weighted by Gasteiger charge is -2.19. The van der Waals surface area contributed by atoms with Gasteiger partial charge < -0.3 is 4.74 Å². The Balaban J connectivity index is 1.37. The van der Waals surface area contributed by atoms with Crippen LogP contribution in [-0.4, -0.2) is 21.1 Å². The van der Waals surface area contributed by atoms with Crippen molar-refractivity contribution in [1.29, 1.82) is 0 Å². The number of thiocarbonyl (C=S) groups is 1. The summed E-state index contributed by atoms with van der Waals surface area (Å²) in [5, 5.41) is 1.36. The van der Waals surface area contributed by atoms with E-state index >= 15 is 0 Å². The minimum absolute atomic E-state index is 0.116. The summed E-state index contributed by atoms with van der Waals surface area (Å²) in [4.78, 5) is 25.8. The third-order valence-electron chi connectivity index (χ3n) is 5.53. The maximum Gasteiger partial charge on any atom is 0.285 e. The highest BCUT2D eigenvalue weighted by Gasteiger charge is 2.34. The van der Waals surface area contributed by atoms with Gasteiger partial charge in [0.15, 0.2) is 4.32 Å². The van der Waals surface area contributed by atoms with Crippen molar-refractivity contribution in [1.82, 2.24) is 10.4 Å². The van der Waals surface area contributed by atoms with E-state index in [1.807, 2.05) is 24.3 Å². The maximum absolute atomic E-state index is 12.9. The molecule has 4 rings (SSSR count). The zero-order valence-electron chi connectivity index (χ0n) is 20.1. The van der Waals surface area contributed by atoms with Crippen LogP contribution in [-0.2, 0) is 16.8 Å². The summed E-state index contributed by atoms with van der Waals surface area (Å²) < 4.78 is 6.15. The van der Waals surface area contributed by atoms with E-state index in [4.69, 9.17) is 28.6 Å². The number of ether oxygens (including phenoxy) is 1. The zero-order valence-corrected chi connectivity index (χ0v) is 22.5. The first kappa shape index (κ1) is 25.9. The number of benzene rings is 3. The summed E-state index contributed by atoms with van der Waals surface area (Å²) in [6.45, 7) is 7.03. The van der Waals surface area contributed by atoms with Crippen molar-refractivity contribution in [2.45, 2.75) is 32.8 Å². The molecule has 2 amide bonds. The summed E-state index contributed by atoms with van der Waals surface area (Å²) in [6.07, 6.45) is 1.73. The molecule has 1 fully saturated rings. The highest BCUT2D eigenvalue weighted by molar-refractivity contribution is 8.26. The molecule has 1 aliphatic rings. The lowest BCUT2D eigenvalue weighted by atomic mass is 9.87. The Hall–Kier alpha value is -3.13. The molecule has 0 aliphatic carbocycles. The van der Waals surface area contributed by atoms with E-state index in [2.05, 4.69) is 50.5 Å². The largest absolute Gasteiger partial charge is 0.489 e. The molecular weight excluding hydrogens is 512 g/mol. The van der Waals surface area contributed by atoms with E-state index < -0.39 is 11.8 Å². The second-order valence-corrected chi connectivity index (χ2v) is 11.3. The van der Waals surface area contributed by atoms with Crippen molar-refractivity contribution < 1.29 is 14.3 Å². The van der Waals surface area contributed by atoms with Crippen LogP contribution in [0.25, 0.3) is 6.08 Å². The fraction of sp³-hybridized carbons (Fsp3) is 0.179. The first-order valence-corrected chi connectivity index (χ1v) is 12.9. The molecule has 0 atom stereocenters. The zero-order chi connectivity index (χ0) is 25.9. The Labute approximate surface area is 225 Å². The topological polar surface area (TPSA) is 58.6 Å². The van der Waals surface area contributed by atoms with Gasteiger partial charge in [-0.3, -0.25) is 15.0 Å². The number of nitrogens with zero attached hydrogens (tertiary/aromatic N) is 1. The molecule has 8 heteroatoms. The van der Waals surface area contributed by atoms with Gasteiger partial charge in [0.25, 0.3) is 11.8 Å². The fourth-order valence-corrected chi connectivity index (χ4v) is 4.85. The summed E-state index contributed by atoms with van der Waals surface area (Å²) in [6, 6.07) is 22.5. The van der Waals surface area contributed by atoms with Gasteiger partial charge in [0, 0.05) is 0 Å². The Morgan fingerprint density at radius 2 is 1.72 bits per heavy atom. The Kier molecular flexibility index (Phi) is 7.83. The average Bonchev–Trinajstić information content (AvgIpc) is 3.10. The third-order valence-corrected chi connectivity index (χ3v) is 7.16. The van der Waals surface area contributed by atoms with Crippen molar-refractivity contribution >= 4 is 57.8 Å². The van der Waals surface area contributed by atoms with Crippen LogP contribution in [0.4, 0.5) is 0 Å². The molecule has 3 aromatic rings. The molecule has 0 saturated carbocycles.